The first-order valence-corrected chi connectivity index (χ1v) is 6.49. The smallest absolute Gasteiger partial charge is 0.128 e. The molecule has 0 aliphatic carbocycles. The van der Waals surface area contributed by atoms with Crippen LogP contribution in [0.3, 0.4) is 0 Å². The highest BCUT2D eigenvalue weighted by Crippen LogP contribution is 2.21. The van der Waals surface area contributed by atoms with Crippen LogP contribution in [0, 0.1) is 6.92 Å². The zero-order valence-electron chi connectivity index (χ0n) is 9.12. The monoisotopic (exact) mass is 268 g/mol. The molecule has 1 aromatic rings. The third kappa shape index (κ3) is 2.94. The molecule has 0 amide bonds. The minimum absolute atomic E-state index is 0.688. The van der Waals surface area contributed by atoms with Crippen LogP contribution in [0.15, 0.2) is 18.3 Å². The molecule has 2 rings (SSSR count). The molecule has 3 heteroatoms. The number of rotatable bonds is 1. The van der Waals surface area contributed by atoms with E-state index in [1.54, 1.807) is 0 Å². The zero-order chi connectivity index (χ0) is 10.7. The summed E-state index contributed by atoms with van der Waals surface area (Å²) < 4.78 is 0. The first kappa shape index (κ1) is 10.9. The summed E-state index contributed by atoms with van der Waals surface area (Å²) in [6, 6.07) is 4.27. The summed E-state index contributed by atoms with van der Waals surface area (Å²) >= 11 is 3.70. The maximum absolute atomic E-state index is 4.48. The highest BCUT2D eigenvalue weighted by atomic mass is 79.9. The third-order valence-electron chi connectivity index (χ3n) is 2.88. The maximum Gasteiger partial charge on any atom is 0.128 e. The number of aryl methyl sites for hydroxylation is 1. The number of aromatic nitrogens is 1. The molecular weight excluding hydrogens is 252 g/mol. The van der Waals surface area contributed by atoms with E-state index in [0.29, 0.717) is 4.83 Å². The lowest BCUT2D eigenvalue weighted by atomic mass is 10.2. The number of pyridine rings is 1. The third-order valence-corrected chi connectivity index (χ3v) is 3.79. The predicted molar refractivity (Wildman–Crippen MR) is 67.8 cm³/mol. The molecule has 0 radical (unpaired) electrons. The standard InChI is InChI=1S/C12H17BrN2/c1-10-4-5-12(14-9-10)15-7-2-3-11(13)6-8-15/h4-5,9,11H,2-3,6-8H2,1H3. The maximum atomic E-state index is 4.48. The van der Waals surface area contributed by atoms with Gasteiger partial charge in [0.2, 0.25) is 0 Å². The van der Waals surface area contributed by atoms with Gasteiger partial charge < -0.3 is 4.90 Å². The van der Waals surface area contributed by atoms with Crippen LogP contribution in [0.2, 0.25) is 0 Å². The van der Waals surface area contributed by atoms with Gasteiger partial charge in [-0.1, -0.05) is 22.0 Å². The van der Waals surface area contributed by atoms with E-state index in [-0.39, 0.29) is 0 Å². The van der Waals surface area contributed by atoms with Crippen molar-refractivity contribution in [1.82, 2.24) is 4.98 Å². The van der Waals surface area contributed by atoms with Crippen LogP contribution in [0.25, 0.3) is 0 Å². The summed E-state index contributed by atoms with van der Waals surface area (Å²) in [6.45, 7) is 4.33. The average molecular weight is 269 g/mol. The summed E-state index contributed by atoms with van der Waals surface area (Å²) in [4.78, 5) is 7.56. The lowest BCUT2D eigenvalue weighted by molar-refractivity contribution is 0.753. The fraction of sp³-hybridized carbons (Fsp3) is 0.583. The Morgan fingerprint density at radius 2 is 2.20 bits per heavy atom. The van der Waals surface area contributed by atoms with Crippen molar-refractivity contribution in [1.29, 1.82) is 0 Å². The summed E-state index contributed by atoms with van der Waals surface area (Å²) in [7, 11) is 0. The molecule has 0 bridgehead atoms. The van der Waals surface area contributed by atoms with Crippen molar-refractivity contribution in [3.8, 4) is 0 Å². The number of halogens is 1. The molecule has 0 aromatic carbocycles. The topological polar surface area (TPSA) is 16.1 Å². The summed E-state index contributed by atoms with van der Waals surface area (Å²) in [5.74, 6) is 1.13. The van der Waals surface area contributed by atoms with Crippen molar-refractivity contribution in [3.63, 3.8) is 0 Å². The van der Waals surface area contributed by atoms with Gasteiger partial charge in [0.05, 0.1) is 0 Å². The van der Waals surface area contributed by atoms with Gasteiger partial charge in [0.25, 0.3) is 0 Å². The number of alkyl halides is 1. The molecule has 1 fully saturated rings. The molecule has 1 atom stereocenters. The van der Waals surface area contributed by atoms with Crippen molar-refractivity contribution >= 4 is 21.7 Å². The first-order chi connectivity index (χ1) is 7.25. The minimum atomic E-state index is 0.688. The summed E-state index contributed by atoms with van der Waals surface area (Å²) in [6.07, 6.45) is 5.70. The van der Waals surface area contributed by atoms with E-state index >= 15 is 0 Å². The highest BCUT2D eigenvalue weighted by Gasteiger charge is 2.15. The predicted octanol–water partition coefficient (Wildman–Crippen LogP) is 3.14. The van der Waals surface area contributed by atoms with Gasteiger partial charge in [-0.25, -0.2) is 4.98 Å². The van der Waals surface area contributed by atoms with Crippen LogP contribution in [0.5, 0.6) is 0 Å². The molecule has 1 unspecified atom stereocenters. The fourth-order valence-corrected chi connectivity index (χ4v) is 2.46. The average Bonchev–Trinajstić information content (AvgIpc) is 2.44. The first-order valence-electron chi connectivity index (χ1n) is 5.57. The minimum Gasteiger partial charge on any atom is -0.357 e. The van der Waals surface area contributed by atoms with E-state index in [2.05, 4.69) is 44.9 Å². The van der Waals surface area contributed by atoms with Gasteiger partial charge in [0.15, 0.2) is 0 Å². The number of anilines is 1. The van der Waals surface area contributed by atoms with Gasteiger partial charge in [0, 0.05) is 24.1 Å². The van der Waals surface area contributed by atoms with Gasteiger partial charge in [-0.15, -0.1) is 0 Å². The molecular formula is C12H17BrN2. The van der Waals surface area contributed by atoms with E-state index in [1.807, 2.05) is 6.20 Å². The molecule has 15 heavy (non-hydrogen) atoms. The Morgan fingerprint density at radius 1 is 1.33 bits per heavy atom. The van der Waals surface area contributed by atoms with Crippen molar-refractivity contribution in [2.45, 2.75) is 31.0 Å². The number of nitrogens with zero attached hydrogens (tertiary/aromatic N) is 2. The van der Waals surface area contributed by atoms with E-state index in [4.69, 9.17) is 0 Å². The van der Waals surface area contributed by atoms with Crippen molar-refractivity contribution in [3.05, 3.63) is 23.9 Å². The summed E-state index contributed by atoms with van der Waals surface area (Å²) in [5, 5.41) is 0. The van der Waals surface area contributed by atoms with Crippen LogP contribution in [0.1, 0.15) is 24.8 Å². The van der Waals surface area contributed by atoms with Crippen LogP contribution in [-0.2, 0) is 0 Å². The molecule has 2 heterocycles. The van der Waals surface area contributed by atoms with E-state index < -0.39 is 0 Å². The fourth-order valence-electron chi connectivity index (χ4n) is 1.93. The Morgan fingerprint density at radius 3 is 2.93 bits per heavy atom. The number of hydrogen-bond donors (Lipinski definition) is 0. The quantitative estimate of drug-likeness (QED) is 0.728. The second-order valence-corrected chi connectivity index (χ2v) is 5.50. The van der Waals surface area contributed by atoms with Crippen molar-refractivity contribution in [2.24, 2.45) is 0 Å². The van der Waals surface area contributed by atoms with Gasteiger partial charge in [-0.2, -0.15) is 0 Å². The molecule has 2 nitrogen and oxygen atoms in total. The van der Waals surface area contributed by atoms with E-state index in [9.17, 15) is 0 Å². The lowest BCUT2D eigenvalue weighted by Gasteiger charge is -2.21. The Balaban J connectivity index is 2.06. The van der Waals surface area contributed by atoms with E-state index in [0.717, 1.165) is 18.9 Å². The van der Waals surface area contributed by atoms with Gasteiger partial charge in [0.1, 0.15) is 5.82 Å². The van der Waals surface area contributed by atoms with Crippen molar-refractivity contribution < 1.29 is 0 Å². The van der Waals surface area contributed by atoms with Crippen LogP contribution in [-0.4, -0.2) is 22.9 Å². The summed E-state index contributed by atoms with van der Waals surface area (Å²) in [5.41, 5.74) is 1.23. The molecule has 0 spiro atoms. The largest absolute Gasteiger partial charge is 0.357 e. The Bertz CT molecular complexity index is 310. The molecule has 1 aliphatic heterocycles. The van der Waals surface area contributed by atoms with Crippen LogP contribution < -0.4 is 4.90 Å². The molecule has 0 saturated carbocycles. The Labute approximate surface area is 99.8 Å². The molecule has 1 aromatic heterocycles. The molecule has 1 aliphatic rings. The van der Waals surface area contributed by atoms with Crippen molar-refractivity contribution in [2.75, 3.05) is 18.0 Å². The lowest BCUT2D eigenvalue weighted by Crippen LogP contribution is -2.25. The SMILES string of the molecule is Cc1ccc(N2CCCC(Br)CC2)nc1. The molecule has 82 valence electrons. The normalized spacial score (nSPS) is 22.5. The van der Waals surface area contributed by atoms with Gasteiger partial charge >= 0.3 is 0 Å². The van der Waals surface area contributed by atoms with Crippen LogP contribution in [0.4, 0.5) is 5.82 Å². The second-order valence-electron chi connectivity index (χ2n) is 4.21. The highest BCUT2D eigenvalue weighted by molar-refractivity contribution is 9.09. The molecule has 0 N–H and O–H groups in total. The van der Waals surface area contributed by atoms with Gasteiger partial charge in [-0.3, -0.25) is 0 Å². The van der Waals surface area contributed by atoms with Gasteiger partial charge in [-0.05, 0) is 37.8 Å². The van der Waals surface area contributed by atoms with E-state index in [1.165, 1.54) is 24.8 Å². The zero-order valence-corrected chi connectivity index (χ0v) is 10.7. The second kappa shape index (κ2) is 4.97. The number of hydrogen-bond acceptors (Lipinski definition) is 2. The Hall–Kier alpha value is -0.570. The van der Waals surface area contributed by atoms with Crippen LogP contribution >= 0.6 is 15.9 Å². The molecule has 1 saturated heterocycles. The Kier molecular flexibility index (Phi) is 3.62.